The second-order valence-corrected chi connectivity index (χ2v) is 5.37. The molecule has 0 radical (unpaired) electrons. The molecule has 0 amide bonds. The van der Waals surface area contributed by atoms with E-state index in [1.54, 1.807) is 7.05 Å². The maximum absolute atomic E-state index is 10.2. The van der Waals surface area contributed by atoms with Gasteiger partial charge in [0.2, 0.25) is 0 Å². The molecule has 0 bridgehead atoms. The molecule has 0 aromatic carbocycles. The number of nitrogens with zero attached hydrogens (tertiary/aromatic N) is 1. The fourth-order valence-corrected chi connectivity index (χ4v) is 2.69. The summed E-state index contributed by atoms with van der Waals surface area (Å²) in [6.07, 6.45) is 6.61. The van der Waals surface area contributed by atoms with Gasteiger partial charge in [0.15, 0.2) is 5.96 Å². The molecule has 0 spiro atoms. The molecule has 1 saturated heterocycles. The number of hydrogen-bond acceptors (Lipinski definition) is 3. The molecule has 1 unspecified atom stereocenters. The van der Waals surface area contributed by atoms with Crippen LogP contribution in [0.4, 0.5) is 0 Å². The molecule has 3 N–H and O–H groups in total. The highest BCUT2D eigenvalue weighted by Gasteiger charge is 2.31. The maximum Gasteiger partial charge on any atom is 0.191 e. The van der Waals surface area contributed by atoms with Crippen LogP contribution in [0.1, 0.15) is 38.5 Å². The van der Waals surface area contributed by atoms with Crippen LogP contribution < -0.4 is 10.6 Å². The molecule has 1 atom stereocenters. The summed E-state index contributed by atoms with van der Waals surface area (Å²) in [6.45, 7) is 2.24. The Morgan fingerprint density at radius 3 is 2.63 bits per heavy atom. The topological polar surface area (TPSA) is 65.9 Å². The lowest BCUT2D eigenvalue weighted by atomic mass is 10.0. The van der Waals surface area contributed by atoms with Crippen LogP contribution in [0.2, 0.25) is 0 Å². The average Bonchev–Trinajstić information content (AvgIpc) is 3.01. The molecule has 2 aliphatic rings. The van der Waals surface area contributed by atoms with E-state index in [0.29, 0.717) is 12.6 Å². The highest BCUT2D eigenvalue weighted by molar-refractivity contribution is 14.0. The summed E-state index contributed by atoms with van der Waals surface area (Å²) >= 11 is 0. The average molecular weight is 383 g/mol. The molecule has 6 heteroatoms. The highest BCUT2D eigenvalue weighted by atomic mass is 127. The number of ether oxygens (including phenoxy) is 1. The van der Waals surface area contributed by atoms with Crippen molar-refractivity contribution in [3.05, 3.63) is 0 Å². The molecular formula is C13H26IN3O2. The van der Waals surface area contributed by atoms with Crippen LogP contribution in [0, 0.1) is 0 Å². The van der Waals surface area contributed by atoms with Gasteiger partial charge in [0.1, 0.15) is 0 Å². The van der Waals surface area contributed by atoms with Crippen molar-refractivity contribution in [1.29, 1.82) is 0 Å². The van der Waals surface area contributed by atoms with Gasteiger partial charge in [-0.2, -0.15) is 0 Å². The minimum absolute atomic E-state index is 0. The third kappa shape index (κ3) is 5.43. The summed E-state index contributed by atoms with van der Waals surface area (Å²) in [6, 6.07) is 0. The number of aliphatic imine (C=N–C) groups is 1. The van der Waals surface area contributed by atoms with Crippen LogP contribution >= 0.6 is 24.0 Å². The van der Waals surface area contributed by atoms with Crippen molar-refractivity contribution >= 4 is 29.9 Å². The van der Waals surface area contributed by atoms with E-state index in [0.717, 1.165) is 57.6 Å². The molecule has 1 aliphatic heterocycles. The molecule has 1 heterocycles. The van der Waals surface area contributed by atoms with E-state index >= 15 is 0 Å². The minimum Gasteiger partial charge on any atom is -0.388 e. The lowest BCUT2D eigenvalue weighted by molar-refractivity contribution is 0.0521. The first kappa shape index (κ1) is 17.0. The van der Waals surface area contributed by atoms with Crippen molar-refractivity contribution in [3.63, 3.8) is 0 Å². The van der Waals surface area contributed by atoms with Crippen molar-refractivity contribution in [3.8, 4) is 0 Å². The van der Waals surface area contributed by atoms with E-state index in [2.05, 4.69) is 15.6 Å². The first-order valence-corrected chi connectivity index (χ1v) is 7.00. The molecule has 0 aromatic rings. The fraction of sp³-hybridized carbons (Fsp3) is 0.923. The first-order chi connectivity index (χ1) is 8.72. The predicted octanol–water partition coefficient (Wildman–Crippen LogP) is 1.25. The van der Waals surface area contributed by atoms with E-state index < -0.39 is 5.60 Å². The number of aliphatic hydroxyl groups is 1. The summed E-state index contributed by atoms with van der Waals surface area (Å²) < 4.78 is 5.55. The molecule has 112 valence electrons. The minimum atomic E-state index is -0.540. The molecule has 0 aromatic heterocycles. The summed E-state index contributed by atoms with van der Waals surface area (Å²) in [7, 11) is 1.75. The zero-order valence-corrected chi connectivity index (χ0v) is 14.0. The van der Waals surface area contributed by atoms with Crippen molar-refractivity contribution < 1.29 is 9.84 Å². The zero-order valence-electron chi connectivity index (χ0n) is 11.7. The van der Waals surface area contributed by atoms with Crippen molar-refractivity contribution in [2.75, 3.05) is 26.7 Å². The van der Waals surface area contributed by atoms with Gasteiger partial charge >= 0.3 is 0 Å². The number of nitrogens with one attached hydrogen (secondary N) is 2. The Balaban J connectivity index is 0.00000180. The van der Waals surface area contributed by atoms with Gasteiger partial charge in [-0.25, -0.2) is 0 Å². The largest absolute Gasteiger partial charge is 0.388 e. The van der Waals surface area contributed by atoms with E-state index in [1.807, 2.05) is 0 Å². The smallest absolute Gasteiger partial charge is 0.191 e. The Kier molecular flexibility index (Phi) is 7.38. The van der Waals surface area contributed by atoms with Crippen LogP contribution in [-0.4, -0.2) is 49.5 Å². The molecular weight excluding hydrogens is 357 g/mol. The summed E-state index contributed by atoms with van der Waals surface area (Å²) in [5, 5.41) is 16.7. The number of halogens is 1. The number of guanidine groups is 1. The van der Waals surface area contributed by atoms with Crippen molar-refractivity contribution in [1.82, 2.24) is 10.6 Å². The summed E-state index contributed by atoms with van der Waals surface area (Å²) in [5.41, 5.74) is -0.540. The Morgan fingerprint density at radius 2 is 2.05 bits per heavy atom. The lowest BCUT2D eigenvalue weighted by Gasteiger charge is -2.24. The second kappa shape index (κ2) is 8.26. The van der Waals surface area contributed by atoms with Crippen LogP contribution in [0.15, 0.2) is 4.99 Å². The Morgan fingerprint density at radius 1 is 1.32 bits per heavy atom. The van der Waals surface area contributed by atoms with E-state index in [-0.39, 0.29) is 24.0 Å². The van der Waals surface area contributed by atoms with Gasteiger partial charge in [-0.1, -0.05) is 12.8 Å². The normalized spacial score (nSPS) is 26.0. The monoisotopic (exact) mass is 383 g/mol. The van der Waals surface area contributed by atoms with Gasteiger partial charge in [-0.3, -0.25) is 4.99 Å². The zero-order chi connectivity index (χ0) is 12.8. The van der Waals surface area contributed by atoms with Gasteiger partial charge < -0.3 is 20.5 Å². The van der Waals surface area contributed by atoms with Crippen LogP contribution in [-0.2, 0) is 4.74 Å². The van der Waals surface area contributed by atoms with Crippen molar-refractivity contribution in [2.24, 2.45) is 4.99 Å². The number of hydrogen-bond donors (Lipinski definition) is 3. The van der Waals surface area contributed by atoms with Crippen LogP contribution in [0.25, 0.3) is 0 Å². The number of rotatable bonds is 4. The van der Waals surface area contributed by atoms with Gasteiger partial charge in [-0.15, -0.1) is 24.0 Å². The van der Waals surface area contributed by atoms with Crippen molar-refractivity contribution in [2.45, 2.75) is 50.2 Å². The Bertz CT molecular complexity index is 288. The third-order valence-corrected chi connectivity index (χ3v) is 3.86. The van der Waals surface area contributed by atoms with Gasteiger partial charge in [0.25, 0.3) is 0 Å². The van der Waals surface area contributed by atoms with Gasteiger partial charge in [-0.05, 0) is 25.7 Å². The fourth-order valence-electron chi connectivity index (χ4n) is 2.69. The summed E-state index contributed by atoms with van der Waals surface area (Å²) in [5.74, 6) is 0.755. The van der Waals surface area contributed by atoms with E-state index in [4.69, 9.17) is 4.74 Å². The third-order valence-electron chi connectivity index (χ3n) is 3.86. The maximum atomic E-state index is 10.2. The van der Waals surface area contributed by atoms with E-state index in [9.17, 15) is 5.11 Å². The van der Waals surface area contributed by atoms with Crippen LogP contribution in [0.3, 0.4) is 0 Å². The Labute approximate surface area is 132 Å². The molecule has 2 fully saturated rings. The molecule has 1 aliphatic carbocycles. The van der Waals surface area contributed by atoms with Crippen LogP contribution in [0.5, 0.6) is 0 Å². The molecule has 19 heavy (non-hydrogen) atoms. The Hall–Kier alpha value is -0.0800. The standard InChI is InChI=1S/C13H25N3O2.HI/c1-14-12(15-9-11-5-4-8-18-11)16-10-13(17)6-2-3-7-13;/h11,17H,2-10H2,1H3,(H2,14,15,16);1H. The van der Waals surface area contributed by atoms with Gasteiger partial charge in [0.05, 0.1) is 11.7 Å². The van der Waals surface area contributed by atoms with E-state index in [1.165, 1.54) is 0 Å². The van der Waals surface area contributed by atoms with Gasteiger partial charge in [0, 0.05) is 26.7 Å². The highest BCUT2D eigenvalue weighted by Crippen LogP contribution is 2.28. The molecule has 5 nitrogen and oxygen atoms in total. The summed E-state index contributed by atoms with van der Waals surface area (Å²) in [4.78, 5) is 4.17. The predicted molar refractivity (Wildman–Crippen MR) is 87.2 cm³/mol. The lowest BCUT2D eigenvalue weighted by Crippen LogP contribution is -2.47. The quantitative estimate of drug-likeness (QED) is 0.389. The SMILES string of the molecule is CN=C(NCC1CCCO1)NCC1(O)CCCC1.I. The first-order valence-electron chi connectivity index (χ1n) is 7.00. The molecule has 1 saturated carbocycles. The second-order valence-electron chi connectivity index (χ2n) is 5.37. The molecule has 2 rings (SSSR count).